The molecule has 27 heavy (non-hydrogen) atoms. The first kappa shape index (κ1) is 20.1. The second-order valence-electron chi connectivity index (χ2n) is 7.44. The van der Waals surface area contributed by atoms with Crippen LogP contribution in [0.2, 0.25) is 5.28 Å². The zero-order valence-electron chi connectivity index (χ0n) is 15.5. The molecule has 1 fully saturated rings. The molecular weight excluding hydrogens is 479 g/mol. The van der Waals surface area contributed by atoms with Crippen LogP contribution >= 0.6 is 34.2 Å². The molecule has 1 amide bonds. The Kier molecular flexibility index (Phi) is 6.10. The van der Waals surface area contributed by atoms with Crippen LogP contribution < -0.4 is 10.2 Å². The number of rotatable bonds is 4. The monoisotopic (exact) mass is 500 g/mol. The summed E-state index contributed by atoms with van der Waals surface area (Å²) in [7, 11) is 0. The number of carbonyl (C=O) groups is 1. The average Bonchev–Trinajstić information content (AvgIpc) is 2.53. The van der Waals surface area contributed by atoms with Gasteiger partial charge in [-0.2, -0.15) is 4.98 Å². The maximum Gasteiger partial charge on any atom is 0.415 e. The van der Waals surface area contributed by atoms with Crippen molar-refractivity contribution in [2.45, 2.75) is 51.7 Å². The smallest absolute Gasteiger partial charge is 0.415 e. The Morgan fingerprint density at radius 3 is 2.52 bits per heavy atom. The first-order valence-electron chi connectivity index (χ1n) is 8.80. The number of ether oxygens (including phenoxy) is 1. The van der Waals surface area contributed by atoms with E-state index in [1.54, 1.807) is 11.1 Å². The lowest BCUT2D eigenvalue weighted by Crippen LogP contribution is -2.46. The zero-order chi connectivity index (χ0) is 19.6. The predicted molar refractivity (Wildman–Crippen MR) is 116 cm³/mol. The van der Waals surface area contributed by atoms with E-state index < -0.39 is 5.60 Å². The second kappa shape index (κ2) is 8.18. The van der Waals surface area contributed by atoms with Crippen LogP contribution in [0.5, 0.6) is 0 Å². The number of amides is 1. The standard InChI is InChI=1S/C19H22ClIN4O2/c1-19(2,3)27-18(26)25(13-5-4-6-13)14-9-7-12(8-10-14)23-16-15(21)11-22-17(20)24-16/h7-11,13H,4-6H2,1-3H3,(H,22,23,24). The lowest BCUT2D eigenvalue weighted by atomic mass is 9.91. The number of nitrogens with one attached hydrogen (secondary N) is 1. The van der Waals surface area contributed by atoms with Crippen LogP contribution in [0.3, 0.4) is 0 Å². The van der Waals surface area contributed by atoms with E-state index in [2.05, 4.69) is 37.9 Å². The third kappa shape index (κ3) is 5.22. The molecule has 1 N–H and O–H groups in total. The van der Waals surface area contributed by atoms with Crippen molar-refractivity contribution in [3.63, 3.8) is 0 Å². The Morgan fingerprint density at radius 2 is 1.96 bits per heavy atom. The zero-order valence-corrected chi connectivity index (χ0v) is 18.4. The Morgan fingerprint density at radius 1 is 1.30 bits per heavy atom. The molecule has 1 aliphatic carbocycles. The molecule has 1 aromatic carbocycles. The minimum atomic E-state index is -0.524. The van der Waals surface area contributed by atoms with E-state index in [0.717, 1.165) is 34.2 Å². The summed E-state index contributed by atoms with van der Waals surface area (Å²) in [6, 6.07) is 7.86. The molecule has 1 aliphatic rings. The van der Waals surface area contributed by atoms with Crippen LogP contribution in [0.25, 0.3) is 0 Å². The fraction of sp³-hybridized carbons (Fsp3) is 0.421. The highest BCUT2D eigenvalue weighted by molar-refractivity contribution is 14.1. The van der Waals surface area contributed by atoms with Gasteiger partial charge in [0.2, 0.25) is 5.28 Å². The Labute approximate surface area is 177 Å². The first-order chi connectivity index (χ1) is 12.7. The average molecular weight is 501 g/mol. The molecule has 1 aromatic heterocycles. The highest BCUT2D eigenvalue weighted by Gasteiger charge is 2.33. The second-order valence-corrected chi connectivity index (χ2v) is 8.94. The van der Waals surface area contributed by atoms with Crippen molar-refractivity contribution in [1.29, 1.82) is 0 Å². The van der Waals surface area contributed by atoms with E-state index in [9.17, 15) is 4.79 Å². The van der Waals surface area contributed by atoms with Gasteiger partial charge >= 0.3 is 6.09 Å². The summed E-state index contributed by atoms with van der Waals surface area (Å²) >= 11 is 8.02. The summed E-state index contributed by atoms with van der Waals surface area (Å²) in [6.07, 6.45) is 4.49. The van der Waals surface area contributed by atoms with Crippen molar-refractivity contribution in [1.82, 2.24) is 9.97 Å². The Hall–Kier alpha value is -1.61. The topological polar surface area (TPSA) is 67.3 Å². The van der Waals surface area contributed by atoms with E-state index in [1.807, 2.05) is 45.0 Å². The van der Waals surface area contributed by atoms with Crippen LogP contribution in [0, 0.1) is 3.57 Å². The molecule has 0 atom stereocenters. The minimum Gasteiger partial charge on any atom is -0.443 e. The van der Waals surface area contributed by atoms with Crippen molar-refractivity contribution >= 4 is 57.5 Å². The number of benzene rings is 1. The van der Waals surface area contributed by atoms with Crippen LogP contribution in [-0.4, -0.2) is 27.7 Å². The summed E-state index contributed by atoms with van der Waals surface area (Å²) in [4.78, 5) is 22.6. The summed E-state index contributed by atoms with van der Waals surface area (Å²) in [6.45, 7) is 5.64. The van der Waals surface area contributed by atoms with Crippen molar-refractivity contribution in [3.8, 4) is 0 Å². The Balaban J connectivity index is 1.79. The van der Waals surface area contributed by atoms with Gasteiger partial charge < -0.3 is 10.1 Å². The molecule has 6 nitrogen and oxygen atoms in total. The lowest BCUT2D eigenvalue weighted by molar-refractivity contribution is 0.0549. The van der Waals surface area contributed by atoms with Gasteiger partial charge in [0.1, 0.15) is 11.4 Å². The number of halogens is 2. The fourth-order valence-corrected chi connectivity index (χ4v) is 3.22. The van der Waals surface area contributed by atoms with Gasteiger partial charge in [-0.3, -0.25) is 4.90 Å². The third-order valence-electron chi connectivity index (χ3n) is 4.15. The van der Waals surface area contributed by atoms with Gasteiger partial charge in [-0.05, 0) is 98.5 Å². The number of aromatic nitrogens is 2. The molecule has 2 aromatic rings. The molecule has 0 spiro atoms. The molecular formula is C19H22ClIN4O2. The normalized spacial score (nSPS) is 14.4. The summed E-state index contributed by atoms with van der Waals surface area (Å²) in [5, 5.41) is 3.42. The predicted octanol–water partition coefficient (Wildman–Crippen LogP) is 5.77. The first-order valence-corrected chi connectivity index (χ1v) is 10.3. The number of nitrogens with zero attached hydrogens (tertiary/aromatic N) is 3. The molecule has 1 heterocycles. The van der Waals surface area contributed by atoms with E-state index in [-0.39, 0.29) is 17.4 Å². The van der Waals surface area contributed by atoms with Crippen molar-refractivity contribution in [3.05, 3.63) is 39.3 Å². The van der Waals surface area contributed by atoms with Gasteiger partial charge in [-0.1, -0.05) is 0 Å². The van der Waals surface area contributed by atoms with Crippen LogP contribution in [0.1, 0.15) is 40.0 Å². The number of carbonyl (C=O) groups excluding carboxylic acids is 1. The molecule has 0 saturated heterocycles. The maximum atomic E-state index is 12.7. The minimum absolute atomic E-state index is 0.190. The highest BCUT2D eigenvalue weighted by Crippen LogP contribution is 2.32. The molecule has 0 unspecified atom stereocenters. The SMILES string of the molecule is CC(C)(C)OC(=O)N(c1ccc(Nc2nc(Cl)ncc2I)cc1)C1CCC1. The number of hydrogen-bond donors (Lipinski definition) is 1. The van der Waals surface area contributed by atoms with Gasteiger partial charge in [0.05, 0.1) is 3.57 Å². The molecule has 1 saturated carbocycles. The van der Waals surface area contributed by atoms with E-state index >= 15 is 0 Å². The highest BCUT2D eigenvalue weighted by atomic mass is 127. The third-order valence-corrected chi connectivity index (χ3v) is 5.12. The Bertz CT molecular complexity index is 819. The van der Waals surface area contributed by atoms with Crippen LogP contribution in [0.15, 0.2) is 30.5 Å². The number of anilines is 3. The molecule has 0 radical (unpaired) electrons. The van der Waals surface area contributed by atoms with E-state index in [1.165, 1.54) is 0 Å². The van der Waals surface area contributed by atoms with Crippen molar-refractivity contribution in [2.75, 3.05) is 10.2 Å². The van der Waals surface area contributed by atoms with Crippen LogP contribution in [0.4, 0.5) is 22.0 Å². The van der Waals surface area contributed by atoms with E-state index in [0.29, 0.717) is 5.82 Å². The van der Waals surface area contributed by atoms with Gasteiger partial charge in [-0.25, -0.2) is 9.78 Å². The molecule has 8 heteroatoms. The quantitative estimate of drug-likeness (QED) is 0.426. The molecule has 0 aliphatic heterocycles. The van der Waals surface area contributed by atoms with Crippen LogP contribution in [-0.2, 0) is 4.74 Å². The lowest BCUT2D eigenvalue weighted by Gasteiger charge is -2.38. The van der Waals surface area contributed by atoms with Gasteiger partial charge in [0.15, 0.2) is 0 Å². The largest absolute Gasteiger partial charge is 0.443 e. The summed E-state index contributed by atoms with van der Waals surface area (Å²) in [5.74, 6) is 0.645. The van der Waals surface area contributed by atoms with E-state index in [4.69, 9.17) is 16.3 Å². The molecule has 0 bridgehead atoms. The van der Waals surface area contributed by atoms with Gasteiger partial charge in [0.25, 0.3) is 0 Å². The summed E-state index contributed by atoms with van der Waals surface area (Å²) in [5.41, 5.74) is 1.16. The molecule has 144 valence electrons. The summed E-state index contributed by atoms with van der Waals surface area (Å²) < 4.78 is 6.47. The maximum absolute atomic E-state index is 12.7. The van der Waals surface area contributed by atoms with Crippen molar-refractivity contribution in [2.24, 2.45) is 0 Å². The van der Waals surface area contributed by atoms with Gasteiger partial charge in [0, 0.05) is 23.6 Å². The molecule has 3 rings (SSSR count). The van der Waals surface area contributed by atoms with Crippen molar-refractivity contribution < 1.29 is 9.53 Å². The fourth-order valence-electron chi connectivity index (χ4n) is 2.70. The number of hydrogen-bond acceptors (Lipinski definition) is 5. The van der Waals surface area contributed by atoms with Gasteiger partial charge in [-0.15, -0.1) is 0 Å².